The molecule has 1 aliphatic heterocycles. The van der Waals surface area contributed by atoms with Crippen LogP contribution >= 0.6 is 11.3 Å². The number of rotatable bonds is 7. The minimum atomic E-state index is -0.579. The summed E-state index contributed by atoms with van der Waals surface area (Å²) in [5, 5.41) is 2.76. The molecule has 0 saturated heterocycles. The molecular weight excluding hydrogens is 428 g/mol. The number of aryl methyl sites for hydroxylation is 2. The van der Waals surface area contributed by atoms with Gasteiger partial charge in [-0.15, -0.1) is 11.3 Å². The van der Waals surface area contributed by atoms with Crippen molar-refractivity contribution in [1.82, 2.24) is 9.55 Å². The Morgan fingerprint density at radius 3 is 2.78 bits per heavy atom. The molecule has 0 fully saturated rings. The van der Waals surface area contributed by atoms with E-state index in [0.29, 0.717) is 24.4 Å². The van der Waals surface area contributed by atoms with Crippen LogP contribution < -0.4 is 9.47 Å². The van der Waals surface area contributed by atoms with E-state index in [1.807, 2.05) is 61.1 Å². The van der Waals surface area contributed by atoms with Gasteiger partial charge in [0.25, 0.3) is 0 Å². The molecule has 3 heterocycles. The molecule has 0 spiro atoms. The van der Waals surface area contributed by atoms with Crippen molar-refractivity contribution in [1.29, 1.82) is 0 Å². The summed E-state index contributed by atoms with van der Waals surface area (Å²) in [6, 6.07) is 9.38. The predicted octanol–water partition coefficient (Wildman–Crippen LogP) is 4.15. The van der Waals surface area contributed by atoms with Crippen LogP contribution in [0.5, 0.6) is 11.5 Å². The Kier molecular flexibility index (Phi) is 6.41. The number of carbonyl (C=O) groups excluding carboxylic acids is 2. The molecule has 2 aromatic heterocycles. The number of hydrogen-bond acceptors (Lipinski definition) is 7. The highest BCUT2D eigenvalue weighted by Gasteiger charge is 2.24. The van der Waals surface area contributed by atoms with Gasteiger partial charge in [0.05, 0.1) is 17.2 Å². The summed E-state index contributed by atoms with van der Waals surface area (Å²) in [6.45, 7) is 6.37. The van der Waals surface area contributed by atoms with Gasteiger partial charge in [-0.05, 0) is 45.0 Å². The number of benzene rings is 1. The zero-order valence-electron chi connectivity index (χ0n) is 18.2. The molecule has 8 heteroatoms. The molecule has 0 bridgehead atoms. The molecule has 0 aliphatic carbocycles. The van der Waals surface area contributed by atoms with Gasteiger partial charge in [-0.2, -0.15) is 0 Å². The molecule has 1 aromatic carbocycles. The average molecular weight is 453 g/mol. The van der Waals surface area contributed by atoms with Crippen LogP contribution in [0.2, 0.25) is 0 Å². The van der Waals surface area contributed by atoms with Crippen molar-refractivity contribution < 1.29 is 23.8 Å². The Morgan fingerprint density at radius 1 is 1.25 bits per heavy atom. The second-order valence-corrected chi connectivity index (χ2v) is 8.61. The Morgan fingerprint density at radius 2 is 2.03 bits per heavy atom. The molecule has 3 aromatic rings. The standard InChI is InChI=1S/C24H24N2O5S/c1-15-10-20(21(27)13-30-24(28)9-8-18-14-32-17(3)25-18)16(2)26(15)11-19-12-29-22-6-4-5-7-23(22)31-19/h4-10,14,19H,11-13H2,1-3H3/b9-8+. The van der Waals surface area contributed by atoms with Crippen LogP contribution in [0.25, 0.3) is 6.08 Å². The topological polar surface area (TPSA) is 79.7 Å². The van der Waals surface area contributed by atoms with E-state index in [1.165, 1.54) is 17.4 Å². The van der Waals surface area contributed by atoms with Gasteiger partial charge in [0.15, 0.2) is 24.2 Å². The smallest absolute Gasteiger partial charge is 0.331 e. The molecule has 166 valence electrons. The highest BCUT2D eigenvalue weighted by molar-refractivity contribution is 7.09. The van der Waals surface area contributed by atoms with Gasteiger partial charge in [0.1, 0.15) is 6.61 Å². The van der Waals surface area contributed by atoms with Crippen molar-refractivity contribution in [3.05, 3.63) is 69.4 Å². The van der Waals surface area contributed by atoms with Crippen molar-refractivity contribution >= 4 is 29.2 Å². The first-order chi connectivity index (χ1) is 15.4. The van der Waals surface area contributed by atoms with Crippen molar-refractivity contribution in [3.63, 3.8) is 0 Å². The molecule has 1 atom stereocenters. The molecule has 32 heavy (non-hydrogen) atoms. The maximum atomic E-state index is 12.7. The van der Waals surface area contributed by atoms with E-state index >= 15 is 0 Å². The number of ketones is 1. The van der Waals surface area contributed by atoms with Gasteiger partial charge in [0, 0.05) is 28.4 Å². The van der Waals surface area contributed by atoms with Crippen molar-refractivity contribution in [3.8, 4) is 11.5 Å². The fraction of sp³-hybridized carbons (Fsp3) is 0.292. The van der Waals surface area contributed by atoms with Crippen LogP contribution in [-0.4, -0.2) is 40.6 Å². The second kappa shape index (κ2) is 9.40. The number of esters is 1. The number of thiazole rings is 1. The van der Waals surface area contributed by atoms with Crippen LogP contribution in [0, 0.1) is 20.8 Å². The molecule has 1 unspecified atom stereocenters. The fourth-order valence-electron chi connectivity index (χ4n) is 3.59. The molecule has 0 saturated carbocycles. The molecule has 0 amide bonds. The van der Waals surface area contributed by atoms with Crippen LogP contribution in [0.15, 0.2) is 41.8 Å². The number of para-hydroxylation sites is 2. The summed E-state index contributed by atoms with van der Waals surface area (Å²) in [6.07, 6.45) is 2.69. The van der Waals surface area contributed by atoms with E-state index in [-0.39, 0.29) is 18.5 Å². The fourth-order valence-corrected chi connectivity index (χ4v) is 4.17. The summed E-state index contributed by atoms with van der Waals surface area (Å²) in [5.74, 6) is 0.627. The number of ether oxygens (including phenoxy) is 3. The van der Waals surface area contributed by atoms with E-state index in [4.69, 9.17) is 14.2 Å². The Bertz CT molecular complexity index is 1180. The summed E-state index contributed by atoms with van der Waals surface area (Å²) >= 11 is 1.50. The predicted molar refractivity (Wildman–Crippen MR) is 121 cm³/mol. The number of aromatic nitrogens is 2. The Labute approximate surface area is 190 Å². The number of carbonyl (C=O) groups is 2. The van der Waals surface area contributed by atoms with E-state index in [1.54, 1.807) is 6.08 Å². The van der Waals surface area contributed by atoms with Crippen molar-refractivity contribution in [2.45, 2.75) is 33.4 Å². The molecule has 7 nitrogen and oxygen atoms in total. The lowest BCUT2D eigenvalue weighted by atomic mass is 10.1. The second-order valence-electron chi connectivity index (χ2n) is 7.55. The number of fused-ring (bicyclic) bond motifs is 1. The SMILES string of the molecule is Cc1nc(/C=C/C(=O)OCC(=O)c2cc(C)n(CC3COc4ccccc4O3)c2C)cs1. The monoisotopic (exact) mass is 452 g/mol. The third kappa shape index (κ3) is 4.91. The lowest BCUT2D eigenvalue weighted by Gasteiger charge is -2.27. The van der Waals surface area contributed by atoms with E-state index in [0.717, 1.165) is 27.9 Å². The average Bonchev–Trinajstić information content (AvgIpc) is 3.33. The van der Waals surface area contributed by atoms with Gasteiger partial charge in [-0.3, -0.25) is 4.79 Å². The maximum absolute atomic E-state index is 12.7. The van der Waals surface area contributed by atoms with E-state index in [2.05, 4.69) is 4.98 Å². The van der Waals surface area contributed by atoms with Gasteiger partial charge in [-0.25, -0.2) is 9.78 Å². The van der Waals surface area contributed by atoms with Crippen LogP contribution in [0.3, 0.4) is 0 Å². The highest BCUT2D eigenvalue weighted by Crippen LogP contribution is 2.31. The summed E-state index contributed by atoms with van der Waals surface area (Å²) < 4.78 is 19.0. The minimum Gasteiger partial charge on any atom is -0.486 e. The first kappa shape index (κ1) is 21.8. The van der Waals surface area contributed by atoms with Gasteiger partial charge in [-0.1, -0.05) is 12.1 Å². The lowest BCUT2D eigenvalue weighted by Crippen LogP contribution is -2.33. The van der Waals surface area contributed by atoms with Crippen molar-refractivity contribution in [2.75, 3.05) is 13.2 Å². The zero-order valence-corrected chi connectivity index (χ0v) is 19.0. The largest absolute Gasteiger partial charge is 0.486 e. The number of hydrogen-bond donors (Lipinski definition) is 0. The number of nitrogens with zero attached hydrogens (tertiary/aromatic N) is 2. The van der Waals surface area contributed by atoms with Crippen molar-refractivity contribution in [2.24, 2.45) is 0 Å². The first-order valence-electron chi connectivity index (χ1n) is 10.3. The van der Waals surface area contributed by atoms with Crippen LogP contribution in [-0.2, 0) is 16.1 Å². The highest BCUT2D eigenvalue weighted by atomic mass is 32.1. The van der Waals surface area contributed by atoms with Gasteiger partial charge < -0.3 is 18.8 Å². The molecule has 1 aliphatic rings. The molecule has 0 N–H and O–H groups in total. The summed E-state index contributed by atoms with van der Waals surface area (Å²) in [7, 11) is 0. The van der Waals surface area contributed by atoms with Gasteiger partial charge >= 0.3 is 5.97 Å². The lowest BCUT2D eigenvalue weighted by molar-refractivity contribution is -0.136. The molecule has 4 rings (SSSR count). The third-order valence-electron chi connectivity index (χ3n) is 5.20. The third-order valence-corrected chi connectivity index (χ3v) is 5.99. The molecular formula is C24H24N2O5S. The van der Waals surface area contributed by atoms with Crippen LogP contribution in [0.1, 0.15) is 32.4 Å². The quantitative estimate of drug-likeness (QED) is 0.304. The Hall–Kier alpha value is -3.39. The normalized spacial score (nSPS) is 15.2. The van der Waals surface area contributed by atoms with Crippen LogP contribution in [0.4, 0.5) is 0 Å². The summed E-state index contributed by atoms with van der Waals surface area (Å²) in [4.78, 5) is 28.9. The van der Waals surface area contributed by atoms with E-state index in [9.17, 15) is 9.59 Å². The zero-order chi connectivity index (χ0) is 22.7. The first-order valence-corrected chi connectivity index (χ1v) is 11.1. The summed E-state index contributed by atoms with van der Waals surface area (Å²) in [5.41, 5.74) is 2.96. The minimum absolute atomic E-state index is 0.171. The van der Waals surface area contributed by atoms with Gasteiger partial charge in [0.2, 0.25) is 5.78 Å². The van der Waals surface area contributed by atoms with E-state index < -0.39 is 5.97 Å². The Balaban J connectivity index is 1.36. The number of Topliss-reactive ketones (excluding diaryl/α,β-unsaturated/α-hetero) is 1. The molecule has 0 radical (unpaired) electrons. The maximum Gasteiger partial charge on any atom is 0.331 e.